The third-order valence-corrected chi connectivity index (χ3v) is 2.71. The Morgan fingerprint density at radius 3 is 2.19 bits per heavy atom. The molecule has 0 aliphatic rings. The average Bonchev–Trinajstić information content (AvgIpc) is 2.19. The van der Waals surface area contributed by atoms with Crippen LogP contribution in [0.1, 0.15) is 21.7 Å². The average molecular weight is 237 g/mol. The lowest BCUT2D eigenvalue weighted by Crippen LogP contribution is -2.00. The van der Waals surface area contributed by atoms with Crippen molar-refractivity contribution in [2.75, 3.05) is 0 Å². The SMILES string of the molecule is Cc1nc2cc(Cl)c(C(=O)O)cc2nc1C. The van der Waals surface area contributed by atoms with Gasteiger partial charge in [0.1, 0.15) is 0 Å². The minimum Gasteiger partial charge on any atom is -0.478 e. The first-order valence-electron chi connectivity index (χ1n) is 4.67. The number of halogens is 1. The predicted molar refractivity (Wildman–Crippen MR) is 61.0 cm³/mol. The first kappa shape index (κ1) is 10.8. The van der Waals surface area contributed by atoms with Crippen LogP contribution in [-0.2, 0) is 0 Å². The Kier molecular flexibility index (Phi) is 2.52. The van der Waals surface area contributed by atoms with E-state index in [2.05, 4.69) is 9.97 Å². The van der Waals surface area contributed by atoms with E-state index in [1.54, 1.807) is 0 Å². The highest BCUT2D eigenvalue weighted by atomic mass is 35.5. The second kappa shape index (κ2) is 3.72. The Bertz CT molecular complexity index is 596. The minimum atomic E-state index is -1.06. The van der Waals surface area contributed by atoms with E-state index in [1.807, 2.05) is 13.8 Å². The Labute approximate surface area is 96.9 Å². The molecular weight excluding hydrogens is 228 g/mol. The van der Waals surface area contributed by atoms with Crippen molar-refractivity contribution in [3.63, 3.8) is 0 Å². The van der Waals surface area contributed by atoms with E-state index in [0.717, 1.165) is 11.4 Å². The zero-order valence-electron chi connectivity index (χ0n) is 8.78. The maximum atomic E-state index is 10.9. The van der Waals surface area contributed by atoms with Crippen molar-refractivity contribution in [2.24, 2.45) is 0 Å². The number of hydrogen-bond acceptors (Lipinski definition) is 3. The summed E-state index contributed by atoms with van der Waals surface area (Å²) in [6, 6.07) is 2.97. The van der Waals surface area contributed by atoms with Gasteiger partial charge in [-0.05, 0) is 26.0 Å². The smallest absolute Gasteiger partial charge is 0.337 e. The standard InChI is InChI=1S/C11H9ClN2O2/c1-5-6(2)14-10-4-8(12)7(11(15)16)3-9(10)13-5/h3-4H,1-2H3,(H,15,16). The molecule has 0 saturated heterocycles. The second-order valence-corrected chi connectivity index (χ2v) is 3.93. The van der Waals surface area contributed by atoms with Crippen molar-refractivity contribution < 1.29 is 9.90 Å². The van der Waals surface area contributed by atoms with Crippen molar-refractivity contribution >= 4 is 28.6 Å². The fourth-order valence-electron chi connectivity index (χ4n) is 1.42. The summed E-state index contributed by atoms with van der Waals surface area (Å²) in [5.41, 5.74) is 2.80. The van der Waals surface area contributed by atoms with Gasteiger partial charge in [0.25, 0.3) is 0 Å². The van der Waals surface area contributed by atoms with Gasteiger partial charge in [-0.15, -0.1) is 0 Å². The fourth-order valence-corrected chi connectivity index (χ4v) is 1.66. The van der Waals surface area contributed by atoms with Crippen LogP contribution in [0.5, 0.6) is 0 Å². The van der Waals surface area contributed by atoms with Gasteiger partial charge in [0.15, 0.2) is 0 Å². The molecule has 0 unspecified atom stereocenters. The maximum Gasteiger partial charge on any atom is 0.337 e. The van der Waals surface area contributed by atoms with Crippen molar-refractivity contribution in [3.8, 4) is 0 Å². The van der Waals surface area contributed by atoms with Crippen LogP contribution >= 0.6 is 11.6 Å². The zero-order valence-corrected chi connectivity index (χ0v) is 9.54. The van der Waals surface area contributed by atoms with E-state index in [1.165, 1.54) is 12.1 Å². The lowest BCUT2D eigenvalue weighted by atomic mass is 10.2. The van der Waals surface area contributed by atoms with Crippen LogP contribution in [0, 0.1) is 13.8 Å². The highest BCUT2D eigenvalue weighted by molar-refractivity contribution is 6.34. The fraction of sp³-hybridized carbons (Fsp3) is 0.182. The molecule has 1 N–H and O–H groups in total. The quantitative estimate of drug-likeness (QED) is 0.827. The largest absolute Gasteiger partial charge is 0.478 e. The molecule has 0 aliphatic carbocycles. The number of hydrogen-bond donors (Lipinski definition) is 1. The molecule has 0 aliphatic heterocycles. The summed E-state index contributed by atoms with van der Waals surface area (Å²) in [6.07, 6.45) is 0. The van der Waals surface area contributed by atoms with E-state index >= 15 is 0 Å². The number of nitrogens with zero attached hydrogens (tertiary/aromatic N) is 2. The molecule has 2 rings (SSSR count). The number of rotatable bonds is 1. The molecule has 0 fully saturated rings. The summed E-state index contributed by atoms with van der Waals surface area (Å²) < 4.78 is 0. The maximum absolute atomic E-state index is 10.9. The molecule has 82 valence electrons. The summed E-state index contributed by atoms with van der Waals surface area (Å²) in [4.78, 5) is 19.5. The number of aromatic nitrogens is 2. The number of fused-ring (bicyclic) bond motifs is 1. The second-order valence-electron chi connectivity index (χ2n) is 3.52. The van der Waals surface area contributed by atoms with Crippen LogP contribution in [0.15, 0.2) is 12.1 Å². The molecular formula is C11H9ClN2O2. The third-order valence-electron chi connectivity index (χ3n) is 2.39. The Balaban J connectivity index is 2.79. The Morgan fingerprint density at radius 1 is 1.19 bits per heavy atom. The molecule has 5 heteroatoms. The van der Waals surface area contributed by atoms with E-state index in [0.29, 0.717) is 11.0 Å². The molecule has 4 nitrogen and oxygen atoms in total. The summed E-state index contributed by atoms with van der Waals surface area (Å²) in [5, 5.41) is 9.09. The molecule has 2 aromatic rings. The molecule has 0 atom stereocenters. The van der Waals surface area contributed by atoms with Gasteiger partial charge in [0, 0.05) is 0 Å². The predicted octanol–water partition coefficient (Wildman–Crippen LogP) is 2.60. The molecule has 1 heterocycles. The molecule has 0 spiro atoms. The van der Waals surface area contributed by atoms with Gasteiger partial charge < -0.3 is 5.11 Å². The van der Waals surface area contributed by atoms with E-state index in [9.17, 15) is 4.79 Å². The zero-order chi connectivity index (χ0) is 11.9. The molecule has 16 heavy (non-hydrogen) atoms. The summed E-state index contributed by atoms with van der Waals surface area (Å²) in [6.45, 7) is 3.68. The number of benzene rings is 1. The Morgan fingerprint density at radius 2 is 1.69 bits per heavy atom. The van der Waals surface area contributed by atoms with Gasteiger partial charge >= 0.3 is 5.97 Å². The first-order valence-corrected chi connectivity index (χ1v) is 5.04. The number of carboxylic acid groups (broad SMARTS) is 1. The van der Waals surface area contributed by atoms with Crippen molar-refractivity contribution in [1.29, 1.82) is 0 Å². The van der Waals surface area contributed by atoms with Crippen molar-refractivity contribution in [2.45, 2.75) is 13.8 Å². The molecule has 1 aromatic heterocycles. The van der Waals surface area contributed by atoms with Crippen molar-refractivity contribution in [3.05, 3.63) is 34.1 Å². The van der Waals surface area contributed by atoms with Gasteiger partial charge in [-0.1, -0.05) is 11.6 Å². The number of carboxylic acids is 1. The van der Waals surface area contributed by atoms with Crippen molar-refractivity contribution in [1.82, 2.24) is 9.97 Å². The van der Waals surface area contributed by atoms with E-state index in [-0.39, 0.29) is 10.6 Å². The molecule has 0 saturated carbocycles. The third kappa shape index (κ3) is 1.72. The topological polar surface area (TPSA) is 63.1 Å². The minimum absolute atomic E-state index is 0.0479. The molecule has 0 radical (unpaired) electrons. The molecule has 0 bridgehead atoms. The number of carbonyl (C=O) groups is 1. The lowest BCUT2D eigenvalue weighted by Gasteiger charge is -2.04. The van der Waals surface area contributed by atoms with Crippen LogP contribution in [0.4, 0.5) is 0 Å². The van der Waals surface area contributed by atoms with Crippen LogP contribution < -0.4 is 0 Å². The van der Waals surface area contributed by atoms with Gasteiger partial charge in [0.05, 0.1) is 33.0 Å². The van der Waals surface area contributed by atoms with Gasteiger partial charge in [-0.25, -0.2) is 14.8 Å². The summed E-state index contributed by atoms with van der Waals surface area (Å²) in [5.74, 6) is -1.06. The molecule has 1 aromatic carbocycles. The van der Waals surface area contributed by atoms with Crippen LogP contribution in [0.25, 0.3) is 11.0 Å². The summed E-state index contributed by atoms with van der Waals surface area (Å²) >= 11 is 5.84. The highest BCUT2D eigenvalue weighted by Crippen LogP contribution is 2.22. The van der Waals surface area contributed by atoms with E-state index in [4.69, 9.17) is 16.7 Å². The first-order chi connectivity index (χ1) is 7.49. The summed E-state index contributed by atoms with van der Waals surface area (Å²) in [7, 11) is 0. The highest BCUT2D eigenvalue weighted by Gasteiger charge is 2.12. The van der Waals surface area contributed by atoms with Gasteiger partial charge in [-0.2, -0.15) is 0 Å². The monoisotopic (exact) mass is 236 g/mol. The van der Waals surface area contributed by atoms with Crippen LogP contribution in [0.2, 0.25) is 5.02 Å². The lowest BCUT2D eigenvalue weighted by molar-refractivity contribution is 0.0697. The Hall–Kier alpha value is -1.68. The normalized spacial score (nSPS) is 10.7. The number of aromatic carboxylic acids is 1. The van der Waals surface area contributed by atoms with Crippen LogP contribution in [-0.4, -0.2) is 21.0 Å². The van der Waals surface area contributed by atoms with Gasteiger partial charge in [-0.3, -0.25) is 0 Å². The number of aryl methyl sites for hydroxylation is 2. The van der Waals surface area contributed by atoms with E-state index < -0.39 is 5.97 Å². The van der Waals surface area contributed by atoms with Crippen LogP contribution in [0.3, 0.4) is 0 Å². The van der Waals surface area contributed by atoms with Gasteiger partial charge in [0.2, 0.25) is 0 Å². The molecule has 0 amide bonds.